The first kappa shape index (κ1) is 23.2. The molecule has 1 N–H and O–H groups in total. The molecule has 0 saturated heterocycles. The third-order valence-corrected chi connectivity index (χ3v) is 7.26. The van der Waals surface area contributed by atoms with Crippen LogP contribution in [-0.2, 0) is 17.1 Å². The zero-order valence-electron chi connectivity index (χ0n) is 18.4. The lowest BCUT2D eigenvalue weighted by Crippen LogP contribution is -2.26. The van der Waals surface area contributed by atoms with Crippen molar-refractivity contribution in [1.29, 1.82) is 0 Å². The number of carbonyl (C=O) groups excluding carboxylic acids is 1. The zero-order chi connectivity index (χ0) is 23.5. The minimum absolute atomic E-state index is 0.127. The Bertz CT molecular complexity index is 1300. The predicted molar refractivity (Wildman–Crippen MR) is 125 cm³/mol. The Morgan fingerprint density at radius 2 is 1.72 bits per heavy atom. The number of allylic oxidation sites excluding steroid dienone is 1. The number of anilines is 1. The summed E-state index contributed by atoms with van der Waals surface area (Å²) < 4.78 is 29.2. The van der Waals surface area contributed by atoms with E-state index in [0.717, 1.165) is 5.69 Å². The first-order valence-corrected chi connectivity index (χ1v) is 11.5. The molecule has 9 heteroatoms. The van der Waals surface area contributed by atoms with Crippen molar-refractivity contribution in [2.45, 2.75) is 18.7 Å². The summed E-state index contributed by atoms with van der Waals surface area (Å²) in [7, 11) is -0.279. The number of hydrogen-bond acceptors (Lipinski definition) is 5. The molecule has 2 aromatic carbocycles. The fourth-order valence-electron chi connectivity index (χ4n) is 3.17. The minimum Gasteiger partial charge on any atom is -0.356 e. The van der Waals surface area contributed by atoms with Gasteiger partial charge in [0.15, 0.2) is 5.78 Å². The van der Waals surface area contributed by atoms with Crippen LogP contribution in [0.1, 0.15) is 23.0 Å². The van der Waals surface area contributed by atoms with Gasteiger partial charge in [-0.3, -0.25) is 14.3 Å². The van der Waals surface area contributed by atoms with Gasteiger partial charge in [-0.05, 0) is 43.3 Å². The Labute approximate surface area is 187 Å². The Balaban J connectivity index is 1.77. The van der Waals surface area contributed by atoms with Crippen molar-refractivity contribution in [3.63, 3.8) is 0 Å². The average molecular weight is 455 g/mol. The van der Waals surface area contributed by atoms with Crippen molar-refractivity contribution in [1.82, 2.24) is 13.7 Å². The maximum Gasteiger partial charge on any atom is 0.295 e. The van der Waals surface area contributed by atoms with Gasteiger partial charge in [0.05, 0.1) is 16.3 Å². The molecule has 0 aliphatic rings. The van der Waals surface area contributed by atoms with Crippen LogP contribution in [0.4, 0.5) is 5.69 Å². The second-order valence-corrected chi connectivity index (χ2v) is 9.27. The number of sulfonamides is 1. The third-order valence-electron chi connectivity index (χ3n) is 5.31. The molecule has 0 unspecified atom stereocenters. The van der Waals surface area contributed by atoms with Crippen LogP contribution in [0.25, 0.3) is 5.69 Å². The summed E-state index contributed by atoms with van der Waals surface area (Å²) >= 11 is 0. The first-order valence-electron chi connectivity index (χ1n) is 10.1. The van der Waals surface area contributed by atoms with Crippen LogP contribution in [0, 0.1) is 6.92 Å². The highest BCUT2D eigenvalue weighted by molar-refractivity contribution is 7.89. The van der Waals surface area contributed by atoms with Crippen LogP contribution in [0.5, 0.6) is 0 Å². The summed E-state index contributed by atoms with van der Waals surface area (Å²) in [5.74, 6) is -0.317. The van der Waals surface area contributed by atoms with Gasteiger partial charge in [-0.1, -0.05) is 25.1 Å². The third kappa shape index (κ3) is 4.44. The maximum atomic E-state index is 12.9. The van der Waals surface area contributed by atoms with Gasteiger partial charge in [0.25, 0.3) is 5.56 Å². The number of carbonyl (C=O) groups is 1. The van der Waals surface area contributed by atoms with E-state index in [9.17, 15) is 18.0 Å². The van der Waals surface area contributed by atoms with Crippen LogP contribution >= 0.6 is 0 Å². The molecule has 8 nitrogen and oxygen atoms in total. The molecule has 1 heterocycles. The van der Waals surface area contributed by atoms with E-state index in [1.54, 1.807) is 23.3 Å². The molecule has 0 aliphatic carbocycles. The van der Waals surface area contributed by atoms with Crippen LogP contribution < -0.4 is 10.9 Å². The number of para-hydroxylation sites is 1. The number of hydrogen-bond donors (Lipinski definition) is 1. The lowest BCUT2D eigenvalue weighted by molar-refractivity contribution is 0.104. The SMILES string of the molecule is CCN(C)S(=O)(=O)c1ccc(C(=O)/C=C/Nc2c(C)n(C)n(-c3ccccc3)c2=O)cc1. The number of nitrogens with zero attached hydrogens (tertiary/aromatic N) is 3. The van der Waals surface area contributed by atoms with Gasteiger partial charge in [-0.15, -0.1) is 0 Å². The van der Waals surface area contributed by atoms with Crippen molar-refractivity contribution in [2.75, 3.05) is 18.9 Å². The molecular weight excluding hydrogens is 428 g/mol. The molecule has 1 aromatic heterocycles. The van der Waals surface area contributed by atoms with Gasteiger partial charge >= 0.3 is 0 Å². The molecular formula is C23H26N4O4S. The largest absolute Gasteiger partial charge is 0.356 e. The highest BCUT2D eigenvalue weighted by Crippen LogP contribution is 2.16. The van der Waals surface area contributed by atoms with E-state index in [1.807, 2.05) is 37.3 Å². The lowest BCUT2D eigenvalue weighted by Gasteiger charge is -2.14. The van der Waals surface area contributed by atoms with Crippen LogP contribution in [0.3, 0.4) is 0 Å². The molecule has 3 rings (SSSR count). The van der Waals surface area contributed by atoms with Crippen molar-refractivity contribution in [2.24, 2.45) is 7.05 Å². The summed E-state index contributed by atoms with van der Waals surface area (Å²) in [6.45, 7) is 3.91. The number of nitrogens with one attached hydrogen (secondary N) is 1. The molecule has 0 amide bonds. The standard InChI is InChI=1S/C23H26N4O4S/c1-5-25(3)32(30,31)20-13-11-18(12-14-20)21(28)15-16-24-22-17(2)26(4)27(23(22)29)19-9-7-6-8-10-19/h6-16,24H,5H2,1-4H3/b16-15+. The monoisotopic (exact) mass is 454 g/mol. The second kappa shape index (κ2) is 9.37. The van der Waals surface area contributed by atoms with Gasteiger partial charge in [-0.25, -0.2) is 17.4 Å². The van der Waals surface area contributed by atoms with E-state index in [2.05, 4.69) is 5.32 Å². The number of ketones is 1. The molecule has 168 valence electrons. The van der Waals surface area contributed by atoms with Gasteiger partial charge in [0, 0.05) is 38.5 Å². The minimum atomic E-state index is -3.57. The topological polar surface area (TPSA) is 93.4 Å². The molecule has 3 aromatic rings. The van der Waals surface area contributed by atoms with Crippen LogP contribution in [0.2, 0.25) is 0 Å². The van der Waals surface area contributed by atoms with Crippen LogP contribution in [0.15, 0.2) is 76.6 Å². The molecule has 0 bridgehead atoms. The first-order chi connectivity index (χ1) is 15.2. The van der Waals surface area contributed by atoms with Gasteiger partial charge < -0.3 is 5.32 Å². The highest BCUT2D eigenvalue weighted by atomic mass is 32.2. The Morgan fingerprint density at radius 3 is 2.31 bits per heavy atom. The molecule has 0 spiro atoms. The highest BCUT2D eigenvalue weighted by Gasteiger charge is 2.19. The van der Waals surface area contributed by atoms with Gasteiger partial charge in [-0.2, -0.15) is 0 Å². The average Bonchev–Trinajstić information content (AvgIpc) is 3.01. The molecule has 32 heavy (non-hydrogen) atoms. The van der Waals surface area contributed by atoms with Crippen molar-refractivity contribution >= 4 is 21.5 Å². The van der Waals surface area contributed by atoms with Crippen molar-refractivity contribution in [3.8, 4) is 5.69 Å². The fourth-order valence-corrected chi connectivity index (χ4v) is 4.35. The van der Waals surface area contributed by atoms with Gasteiger partial charge in [0.1, 0.15) is 5.69 Å². The number of benzene rings is 2. The molecule has 0 radical (unpaired) electrons. The predicted octanol–water partition coefficient (Wildman–Crippen LogP) is 2.93. The summed E-state index contributed by atoms with van der Waals surface area (Å²) in [5.41, 5.74) is 1.92. The van der Waals surface area contributed by atoms with Crippen LogP contribution in [-0.4, -0.2) is 41.5 Å². The molecule has 0 aliphatic heterocycles. The van der Waals surface area contributed by atoms with Crippen molar-refractivity contribution < 1.29 is 13.2 Å². The smallest absolute Gasteiger partial charge is 0.295 e. The summed E-state index contributed by atoms with van der Waals surface area (Å²) in [6, 6.07) is 15.0. The summed E-state index contributed by atoms with van der Waals surface area (Å²) in [5, 5.41) is 2.91. The lowest BCUT2D eigenvalue weighted by atomic mass is 10.1. The summed E-state index contributed by atoms with van der Waals surface area (Å²) in [4.78, 5) is 25.5. The molecule has 0 atom stereocenters. The van der Waals surface area contributed by atoms with E-state index in [0.29, 0.717) is 23.5 Å². The van der Waals surface area contributed by atoms with E-state index in [4.69, 9.17) is 0 Å². The van der Waals surface area contributed by atoms with E-state index >= 15 is 0 Å². The second-order valence-electron chi connectivity index (χ2n) is 7.22. The number of rotatable bonds is 8. The van der Waals surface area contributed by atoms with Crippen molar-refractivity contribution in [3.05, 3.63) is 88.5 Å². The Kier molecular flexibility index (Phi) is 6.81. The van der Waals surface area contributed by atoms with E-state index < -0.39 is 10.0 Å². The quantitative estimate of drug-likeness (QED) is 0.417. The summed E-state index contributed by atoms with van der Waals surface area (Å²) in [6.07, 6.45) is 2.72. The zero-order valence-corrected chi connectivity index (χ0v) is 19.3. The maximum absolute atomic E-state index is 12.9. The van der Waals surface area contributed by atoms with Gasteiger partial charge in [0.2, 0.25) is 10.0 Å². The van der Waals surface area contributed by atoms with E-state index in [1.165, 1.54) is 47.9 Å². The fraction of sp³-hybridized carbons (Fsp3) is 0.217. The number of aromatic nitrogens is 2. The molecule has 0 saturated carbocycles. The normalized spacial score (nSPS) is 11.9. The Morgan fingerprint density at radius 1 is 1.09 bits per heavy atom. The molecule has 0 fully saturated rings. The Hall–Kier alpha value is -3.43. The van der Waals surface area contributed by atoms with E-state index in [-0.39, 0.29) is 16.2 Å².